The van der Waals surface area contributed by atoms with Crippen LogP contribution in [0, 0.1) is 12.7 Å². The first-order chi connectivity index (χ1) is 14.9. The molecule has 1 fully saturated rings. The quantitative estimate of drug-likeness (QED) is 0.377. The van der Waals surface area contributed by atoms with Gasteiger partial charge in [-0.1, -0.05) is 30.3 Å². The van der Waals surface area contributed by atoms with Crippen molar-refractivity contribution in [1.82, 2.24) is 0 Å². The maximum Gasteiger partial charge on any atom is 0.300 e. The molecule has 1 atom stereocenters. The van der Waals surface area contributed by atoms with E-state index in [9.17, 15) is 19.1 Å². The highest BCUT2D eigenvalue weighted by molar-refractivity contribution is 6.51. The van der Waals surface area contributed by atoms with Gasteiger partial charge < -0.3 is 9.84 Å². The highest BCUT2D eigenvalue weighted by Gasteiger charge is 2.46. The van der Waals surface area contributed by atoms with Crippen molar-refractivity contribution < 1.29 is 23.8 Å². The Morgan fingerprint density at radius 2 is 1.68 bits per heavy atom. The first-order valence-corrected chi connectivity index (χ1v) is 9.69. The minimum absolute atomic E-state index is 0.0509. The van der Waals surface area contributed by atoms with Gasteiger partial charge in [0.2, 0.25) is 0 Å². The summed E-state index contributed by atoms with van der Waals surface area (Å²) in [4.78, 5) is 27.4. The molecular weight excluding hydrogens is 397 g/mol. The number of aliphatic hydroxyl groups excluding tert-OH is 1. The molecule has 0 bridgehead atoms. The Labute approximate surface area is 179 Å². The van der Waals surface area contributed by atoms with Crippen LogP contribution in [0.5, 0.6) is 5.75 Å². The molecule has 1 saturated heterocycles. The van der Waals surface area contributed by atoms with Crippen molar-refractivity contribution in [2.24, 2.45) is 0 Å². The minimum atomic E-state index is -0.848. The normalized spacial score (nSPS) is 17.8. The van der Waals surface area contributed by atoms with Gasteiger partial charge in [0, 0.05) is 11.3 Å². The Bertz CT molecular complexity index is 1190. The van der Waals surface area contributed by atoms with E-state index < -0.39 is 23.5 Å². The van der Waals surface area contributed by atoms with Gasteiger partial charge in [-0.25, -0.2) is 4.39 Å². The summed E-state index contributed by atoms with van der Waals surface area (Å²) in [5.74, 6) is -1.69. The second-order valence-corrected chi connectivity index (χ2v) is 7.24. The van der Waals surface area contributed by atoms with E-state index >= 15 is 0 Å². The molecular formula is C25H20FNO4. The topological polar surface area (TPSA) is 66.8 Å². The van der Waals surface area contributed by atoms with E-state index in [1.807, 2.05) is 6.07 Å². The number of para-hydroxylation sites is 1. The van der Waals surface area contributed by atoms with Gasteiger partial charge in [-0.2, -0.15) is 0 Å². The van der Waals surface area contributed by atoms with Gasteiger partial charge in [0.05, 0.1) is 18.7 Å². The third-order valence-corrected chi connectivity index (χ3v) is 5.34. The number of amides is 1. The highest BCUT2D eigenvalue weighted by Crippen LogP contribution is 2.42. The Balaban J connectivity index is 1.93. The molecule has 3 aromatic carbocycles. The number of carbonyl (C=O) groups is 2. The molecule has 3 aromatic rings. The van der Waals surface area contributed by atoms with Crippen LogP contribution in [-0.4, -0.2) is 23.9 Å². The van der Waals surface area contributed by atoms with Gasteiger partial charge >= 0.3 is 0 Å². The van der Waals surface area contributed by atoms with Gasteiger partial charge in [-0.05, 0) is 60.5 Å². The van der Waals surface area contributed by atoms with Crippen LogP contribution in [0.3, 0.4) is 0 Å². The summed E-state index contributed by atoms with van der Waals surface area (Å²) in [5, 5.41) is 11.1. The molecule has 6 heteroatoms. The molecule has 1 heterocycles. The lowest BCUT2D eigenvalue weighted by molar-refractivity contribution is -0.132. The molecule has 0 radical (unpaired) electrons. The maximum absolute atomic E-state index is 13.7. The van der Waals surface area contributed by atoms with Crippen LogP contribution in [0.1, 0.15) is 22.7 Å². The first-order valence-electron chi connectivity index (χ1n) is 9.69. The first kappa shape index (κ1) is 20.3. The molecule has 5 nitrogen and oxygen atoms in total. The van der Waals surface area contributed by atoms with Crippen LogP contribution < -0.4 is 9.64 Å². The van der Waals surface area contributed by atoms with Crippen LogP contribution in [-0.2, 0) is 9.59 Å². The van der Waals surface area contributed by atoms with Crippen LogP contribution in [0.25, 0.3) is 5.76 Å². The number of Topliss-reactive ketones (excluding diaryl/α,β-unsaturated/α-hetero) is 1. The van der Waals surface area contributed by atoms with Crippen molar-refractivity contribution in [3.8, 4) is 5.75 Å². The lowest BCUT2D eigenvalue weighted by Gasteiger charge is -2.25. The van der Waals surface area contributed by atoms with E-state index in [2.05, 4.69) is 0 Å². The van der Waals surface area contributed by atoms with Gasteiger partial charge in [0.25, 0.3) is 11.7 Å². The monoisotopic (exact) mass is 417 g/mol. The molecule has 1 amide bonds. The lowest BCUT2D eigenvalue weighted by Crippen LogP contribution is -2.29. The number of rotatable bonds is 4. The summed E-state index contributed by atoms with van der Waals surface area (Å²) in [6, 6.07) is 18.9. The fourth-order valence-electron chi connectivity index (χ4n) is 3.74. The Kier molecular flexibility index (Phi) is 5.29. The number of carbonyl (C=O) groups excluding carboxylic acids is 2. The third kappa shape index (κ3) is 3.57. The minimum Gasteiger partial charge on any atom is -0.507 e. The van der Waals surface area contributed by atoms with Crippen LogP contribution in [0.2, 0.25) is 0 Å². The molecule has 0 saturated carbocycles. The number of aryl methyl sites for hydroxylation is 1. The van der Waals surface area contributed by atoms with Crippen LogP contribution >= 0.6 is 0 Å². The molecule has 0 aromatic heterocycles. The molecule has 1 aliphatic rings. The summed E-state index contributed by atoms with van der Waals surface area (Å²) < 4.78 is 18.9. The maximum atomic E-state index is 13.7. The van der Waals surface area contributed by atoms with Crippen molar-refractivity contribution in [2.75, 3.05) is 12.0 Å². The summed E-state index contributed by atoms with van der Waals surface area (Å²) in [5.41, 5.74) is 1.69. The smallest absolute Gasteiger partial charge is 0.300 e. The van der Waals surface area contributed by atoms with Gasteiger partial charge in [-0.15, -0.1) is 0 Å². The Morgan fingerprint density at radius 3 is 2.29 bits per heavy atom. The predicted molar refractivity (Wildman–Crippen MR) is 115 cm³/mol. The average Bonchev–Trinajstić information content (AvgIpc) is 3.06. The fraction of sp³-hybridized carbons (Fsp3) is 0.120. The summed E-state index contributed by atoms with van der Waals surface area (Å²) >= 11 is 0. The number of ketones is 1. The SMILES string of the molecule is COc1ccc(C2/C(=C(/O)c3ccc(F)c(C)c3)C(=O)C(=O)N2c2ccccc2)cc1. The number of halogens is 1. The Hall–Kier alpha value is -3.93. The number of hydrogen-bond donors (Lipinski definition) is 1. The number of hydrogen-bond acceptors (Lipinski definition) is 4. The van der Waals surface area contributed by atoms with E-state index in [4.69, 9.17) is 4.74 Å². The van der Waals surface area contributed by atoms with Crippen molar-refractivity contribution in [3.63, 3.8) is 0 Å². The molecule has 1 N–H and O–H groups in total. The van der Waals surface area contributed by atoms with Gasteiger partial charge in [-0.3, -0.25) is 14.5 Å². The van der Waals surface area contributed by atoms with E-state index in [1.54, 1.807) is 62.6 Å². The van der Waals surface area contributed by atoms with E-state index in [0.717, 1.165) is 0 Å². The highest BCUT2D eigenvalue weighted by atomic mass is 19.1. The Morgan fingerprint density at radius 1 is 1.00 bits per heavy atom. The van der Waals surface area contributed by atoms with Crippen molar-refractivity contribution in [1.29, 1.82) is 0 Å². The van der Waals surface area contributed by atoms with E-state index in [1.165, 1.54) is 23.1 Å². The molecule has 31 heavy (non-hydrogen) atoms. The van der Waals surface area contributed by atoms with E-state index in [-0.39, 0.29) is 16.9 Å². The van der Waals surface area contributed by atoms with Crippen molar-refractivity contribution >= 4 is 23.1 Å². The molecule has 0 aliphatic carbocycles. The number of ether oxygens (including phenoxy) is 1. The second-order valence-electron chi connectivity index (χ2n) is 7.24. The predicted octanol–water partition coefficient (Wildman–Crippen LogP) is 4.77. The second kappa shape index (κ2) is 8.07. The van der Waals surface area contributed by atoms with Crippen molar-refractivity contribution in [3.05, 3.63) is 101 Å². The number of aliphatic hydroxyl groups is 1. The van der Waals surface area contributed by atoms with Crippen LogP contribution in [0.4, 0.5) is 10.1 Å². The fourth-order valence-corrected chi connectivity index (χ4v) is 3.74. The number of nitrogens with zero attached hydrogens (tertiary/aromatic N) is 1. The lowest BCUT2D eigenvalue weighted by atomic mass is 9.94. The summed E-state index contributed by atoms with van der Waals surface area (Å²) in [6.45, 7) is 1.57. The molecule has 156 valence electrons. The average molecular weight is 417 g/mol. The number of anilines is 1. The standard InChI is InChI=1S/C25H20FNO4/c1-15-14-17(10-13-20(15)26)23(28)21-22(16-8-11-19(31-2)12-9-16)27(25(30)24(21)29)18-6-4-3-5-7-18/h3-14,22,28H,1-2H3/b23-21-. The van der Waals surface area contributed by atoms with Gasteiger partial charge in [0.1, 0.15) is 17.3 Å². The number of methoxy groups -OCH3 is 1. The third-order valence-electron chi connectivity index (χ3n) is 5.34. The van der Waals surface area contributed by atoms with Crippen LogP contribution in [0.15, 0.2) is 78.4 Å². The number of benzene rings is 3. The molecule has 0 spiro atoms. The molecule has 1 unspecified atom stereocenters. The largest absolute Gasteiger partial charge is 0.507 e. The summed E-state index contributed by atoms with van der Waals surface area (Å²) in [6.07, 6.45) is 0. The van der Waals surface area contributed by atoms with E-state index in [0.29, 0.717) is 22.6 Å². The van der Waals surface area contributed by atoms with Gasteiger partial charge in [0.15, 0.2) is 0 Å². The molecule has 1 aliphatic heterocycles. The summed E-state index contributed by atoms with van der Waals surface area (Å²) in [7, 11) is 1.54. The molecule has 4 rings (SSSR count). The zero-order chi connectivity index (χ0) is 22.1. The zero-order valence-electron chi connectivity index (χ0n) is 17.0. The zero-order valence-corrected chi connectivity index (χ0v) is 17.0. The van der Waals surface area contributed by atoms with Crippen molar-refractivity contribution in [2.45, 2.75) is 13.0 Å².